The van der Waals surface area contributed by atoms with Crippen LogP contribution in [0.5, 0.6) is 5.75 Å². The van der Waals surface area contributed by atoms with Crippen molar-refractivity contribution in [3.05, 3.63) is 64.1 Å². The summed E-state index contributed by atoms with van der Waals surface area (Å²) < 4.78 is 6.91. The molecular formula is C18H14Br2N4O2. The summed E-state index contributed by atoms with van der Waals surface area (Å²) in [4.78, 5) is 10.9. The third-order valence-electron chi connectivity index (χ3n) is 3.46. The molecular weight excluding hydrogens is 464 g/mol. The van der Waals surface area contributed by atoms with Crippen LogP contribution in [-0.4, -0.2) is 28.9 Å². The van der Waals surface area contributed by atoms with Gasteiger partial charge in [0.05, 0.1) is 12.4 Å². The molecule has 0 saturated carbocycles. The standard InChI is InChI=1S/C18H14Br2N4O2/c19-14-7-5-12(6-8-14)11-26-16-4-2-1-3-13(16)9-21-23-15-10-22-24-18(25)17(15)20/h1-10,17H,11H2,(H,24,25)/b21-9+,23-15-. The van der Waals surface area contributed by atoms with E-state index in [0.29, 0.717) is 18.1 Å². The van der Waals surface area contributed by atoms with Gasteiger partial charge in [-0.25, -0.2) is 5.43 Å². The zero-order valence-electron chi connectivity index (χ0n) is 13.5. The lowest BCUT2D eigenvalue weighted by Gasteiger charge is -2.11. The van der Waals surface area contributed by atoms with E-state index >= 15 is 0 Å². The van der Waals surface area contributed by atoms with Gasteiger partial charge >= 0.3 is 0 Å². The average molecular weight is 478 g/mol. The van der Waals surface area contributed by atoms with E-state index in [-0.39, 0.29) is 5.91 Å². The molecule has 26 heavy (non-hydrogen) atoms. The lowest BCUT2D eigenvalue weighted by atomic mass is 10.2. The van der Waals surface area contributed by atoms with E-state index in [2.05, 4.69) is 52.6 Å². The zero-order chi connectivity index (χ0) is 18.4. The van der Waals surface area contributed by atoms with E-state index in [1.54, 1.807) is 6.21 Å². The van der Waals surface area contributed by atoms with Gasteiger partial charge in [0.15, 0.2) is 0 Å². The van der Waals surface area contributed by atoms with E-state index in [1.807, 2.05) is 48.5 Å². The Morgan fingerprint density at radius 2 is 1.96 bits per heavy atom. The topological polar surface area (TPSA) is 75.4 Å². The second kappa shape index (κ2) is 8.86. The highest BCUT2D eigenvalue weighted by Gasteiger charge is 2.23. The lowest BCUT2D eigenvalue weighted by molar-refractivity contribution is -0.119. The molecule has 1 heterocycles. The van der Waals surface area contributed by atoms with E-state index in [1.165, 1.54) is 6.21 Å². The Hall–Kier alpha value is -2.32. The molecule has 1 N–H and O–H groups in total. The summed E-state index contributed by atoms with van der Waals surface area (Å²) in [5, 5.41) is 11.8. The molecule has 6 nitrogen and oxygen atoms in total. The van der Waals surface area contributed by atoms with Gasteiger partial charge in [0.2, 0.25) is 0 Å². The summed E-state index contributed by atoms with van der Waals surface area (Å²) in [6.07, 6.45) is 3.04. The number of para-hydroxylation sites is 1. The molecule has 2 aromatic carbocycles. The number of amides is 1. The van der Waals surface area contributed by atoms with Crippen molar-refractivity contribution >= 4 is 55.9 Å². The molecule has 0 fully saturated rings. The minimum Gasteiger partial charge on any atom is -0.488 e. The zero-order valence-corrected chi connectivity index (χ0v) is 16.6. The van der Waals surface area contributed by atoms with Gasteiger partial charge in [-0.3, -0.25) is 4.79 Å². The molecule has 132 valence electrons. The Kier molecular flexibility index (Phi) is 6.30. The third kappa shape index (κ3) is 4.86. The predicted molar refractivity (Wildman–Crippen MR) is 109 cm³/mol. The van der Waals surface area contributed by atoms with E-state index < -0.39 is 4.83 Å². The second-order valence-electron chi connectivity index (χ2n) is 5.32. The highest BCUT2D eigenvalue weighted by molar-refractivity contribution is 9.10. The summed E-state index contributed by atoms with van der Waals surface area (Å²) in [5.41, 5.74) is 4.62. The van der Waals surface area contributed by atoms with Crippen molar-refractivity contribution in [2.75, 3.05) is 0 Å². The first-order valence-electron chi connectivity index (χ1n) is 7.67. The summed E-state index contributed by atoms with van der Waals surface area (Å²) in [7, 11) is 0. The van der Waals surface area contributed by atoms with E-state index in [9.17, 15) is 4.79 Å². The lowest BCUT2D eigenvalue weighted by Crippen LogP contribution is -2.38. The van der Waals surface area contributed by atoms with Crippen LogP contribution in [0.1, 0.15) is 11.1 Å². The molecule has 0 spiro atoms. The number of alkyl halides is 1. The van der Waals surface area contributed by atoms with E-state index in [4.69, 9.17) is 4.74 Å². The van der Waals surface area contributed by atoms with Crippen molar-refractivity contribution in [1.82, 2.24) is 5.43 Å². The van der Waals surface area contributed by atoms with Crippen LogP contribution in [0.15, 0.2) is 68.3 Å². The smallest absolute Gasteiger partial charge is 0.260 e. The minimum atomic E-state index is -0.568. The van der Waals surface area contributed by atoms with Gasteiger partial charge in [0.25, 0.3) is 5.91 Å². The number of nitrogens with one attached hydrogen (secondary N) is 1. The Morgan fingerprint density at radius 1 is 1.19 bits per heavy atom. The number of nitrogens with zero attached hydrogens (tertiary/aromatic N) is 3. The number of hydrogen-bond acceptors (Lipinski definition) is 5. The van der Waals surface area contributed by atoms with Crippen LogP contribution in [0.4, 0.5) is 0 Å². The van der Waals surface area contributed by atoms with Crippen LogP contribution < -0.4 is 10.2 Å². The molecule has 1 unspecified atom stereocenters. The van der Waals surface area contributed by atoms with Gasteiger partial charge in [-0.05, 0) is 29.8 Å². The van der Waals surface area contributed by atoms with Crippen molar-refractivity contribution in [3.8, 4) is 5.75 Å². The van der Waals surface area contributed by atoms with Crippen LogP contribution in [0.25, 0.3) is 0 Å². The first-order valence-corrected chi connectivity index (χ1v) is 9.38. The normalized spacial score (nSPS) is 18.3. The number of hydrogen-bond donors (Lipinski definition) is 1. The quantitative estimate of drug-likeness (QED) is 0.405. The maximum absolute atomic E-state index is 11.5. The van der Waals surface area contributed by atoms with Crippen molar-refractivity contribution in [3.63, 3.8) is 0 Å². The van der Waals surface area contributed by atoms with Gasteiger partial charge < -0.3 is 4.74 Å². The monoisotopic (exact) mass is 476 g/mol. The summed E-state index contributed by atoms with van der Waals surface area (Å²) in [6.45, 7) is 0.447. The van der Waals surface area contributed by atoms with Crippen LogP contribution >= 0.6 is 31.9 Å². The number of carbonyl (C=O) groups excluding carboxylic acids is 1. The fourth-order valence-corrected chi connectivity index (χ4v) is 2.69. The van der Waals surface area contributed by atoms with Crippen LogP contribution in [0, 0.1) is 0 Å². The summed E-state index contributed by atoms with van der Waals surface area (Å²) in [6, 6.07) is 15.5. The van der Waals surface area contributed by atoms with Gasteiger partial charge in [0, 0.05) is 10.0 Å². The van der Waals surface area contributed by atoms with Gasteiger partial charge in [-0.2, -0.15) is 15.3 Å². The molecule has 0 saturated heterocycles. The maximum Gasteiger partial charge on any atom is 0.260 e. The fourth-order valence-electron chi connectivity index (χ4n) is 2.11. The van der Waals surface area contributed by atoms with Crippen molar-refractivity contribution in [1.29, 1.82) is 0 Å². The van der Waals surface area contributed by atoms with Gasteiger partial charge in [0.1, 0.15) is 22.9 Å². The highest BCUT2D eigenvalue weighted by atomic mass is 79.9. The predicted octanol–water partition coefficient (Wildman–Crippen LogP) is 3.68. The highest BCUT2D eigenvalue weighted by Crippen LogP contribution is 2.19. The van der Waals surface area contributed by atoms with E-state index in [0.717, 1.165) is 15.6 Å². The largest absolute Gasteiger partial charge is 0.488 e. The number of ether oxygens (including phenoxy) is 1. The van der Waals surface area contributed by atoms with Crippen molar-refractivity contribution in [2.24, 2.45) is 15.3 Å². The number of carbonyl (C=O) groups is 1. The number of rotatable bonds is 5. The van der Waals surface area contributed by atoms with Crippen molar-refractivity contribution < 1.29 is 9.53 Å². The maximum atomic E-state index is 11.5. The van der Waals surface area contributed by atoms with Gasteiger partial charge in [-0.1, -0.05) is 56.1 Å². The second-order valence-corrected chi connectivity index (χ2v) is 7.15. The summed E-state index contributed by atoms with van der Waals surface area (Å²) >= 11 is 6.65. The molecule has 1 aliphatic rings. The molecule has 1 amide bonds. The molecule has 0 aliphatic carbocycles. The number of benzene rings is 2. The molecule has 0 bridgehead atoms. The minimum absolute atomic E-state index is 0.278. The molecule has 0 aromatic heterocycles. The third-order valence-corrected chi connectivity index (χ3v) is 4.87. The Balaban J connectivity index is 1.70. The van der Waals surface area contributed by atoms with Crippen molar-refractivity contribution in [2.45, 2.75) is 11.4 Å². The molecule has 3 rings (SSSR count). The Morgan fingerprint density at radius 3 is 2.77 bits per heavy atom. The SMILES string of the molecule is O=C1NN=C/C(=N/N=C/c2ccccc2OCc2ccc(Br)cc2)C1Br. The summed E-state index contributed by atoms with van der Waals surface area (Å²) in [5.74, 6) is 0.421. The average Bonchev–Trinajstić information content (AvgIpc) is 2.65. The van der Waals surface area contributed by atoms with Gasteiger partial charge in [-0.15, -0.1) is 0 Å². The Bertz CT molecular complexity index is 879. The molecule has 1 aliphatic heterocycles. The van der Waals surface area contributed by atoms with Crippen LogP contribution in [0.3, 0.4) is 0 Å². The first-order chi connectivity index (χ1) is 12.6. The number of halogens is 2. The molecule has 1 atom stereocenters. The first kappa shape index (κ1) is 18.5. The fraction of sp³-hybridized carbons (Fsp3) is 0.111. The number of hydrazone groups is 1. The van der Waals surface area contributed by atoms with Crippen LogP contribution in [0.2, 0.25) is 0 Å². The van der Waals surface area contributed by atoms with Crippen LogP contribution in [-0.2, 0) is 11.4 Å². The molecule has 0 radical (unpaired) electrons. The Labute approximate surface area is 167 Å². The molecule has 2 aromatic rings. The molecule has 8 heteroatoms.